The minimum absolute atomic E-state index is 0.0555. The quantitative estimate of drug-likeness (QED) is 0.383. The van der Waals surface area contributed by atoms with Gasteiger partial charge in [-0.15, -0.1) is 11.3 Å². The Morgan fingerprint density at radius 2 is 1.97 bits per heavy atom. The molecule has 0 aliphatic carbocycles. The van der Waals surface area contributed by atoms with Gasteiger partial charge in [-0.05, 0) is 42.8 Å². The van der Waals surface area contributed by atoms with Gasteiger partial charge in [0.15, 0.2) is 5.13 Å². The minimum atomic E-state index is -3.72. The molecule has 1 fully saturated rings. The number of nitrogens with zero attached hydrogens (tertiary/aromatic N) is 3. The van der Waals surface area contributed by atoms with Crippen LogP contribution in [-0.2, 0) is 14.8 Å². The lowest BCUT2D eigenvalue weighted by atomic mass is 9.97. The second-order valence-corrected chi connectivity index (χ2v) is 11.4. The monoisotopic (exact) mass is 529 g/mol. The molecule has 182 valence electrons. The van der Waals surface area contributed by atoms with Crippen LogP contribution in [0.25, 0.3) is 10.9 Å². The van der Waals surface area contributed by atoms with Gasteiger partial charge in [-0.2, -0.15) is 0 Å². The lowest BCUT2D eigenvalue weighted by Crippen LogP contribution is -2.51. The van der Waals surface area contributed by atoms with Crippen molar-refractivity contribution >= 4 is 60.6 Å². The summed E-state index contributed by atoms with van der Waals surface area (Å²) in [4.78, 5) is 18.3. The summed E-state index contributed by atoms with van der Waals surface area (Å²) in [6.07, 6.45) is 4.30. The molecule has 1 aliphatic rings. The maximum absolute atomic E-state index is 12.7. The molecule has 1 aliphatic heterocycles. The fourth-order valence-corrected chi connectivity index (χ4v) is 6.68. The number of rotatable bonds is 6. The van der Waals surface area contributed by atoms with Gasteiger partial charge in [-0.1, -0.05) is 23.7 Å². The van der Waals surface area contributed by atoms with Crippen LogP contribution in [0.2, 0.25) is 5.02 Å². The predicted molar refractivity (Wildman–Crippen MR) is 140 cm³/mol. The van der Waals surface area contributed by atoms with E-state index in [9.17, 15) is 13.2 Å². The molecule has 11 heteroatoms. The van der Waals surface area contributed by atoms with Crippen molar-refractivity contribution in [3.63, 3.8) is 0 Å². The highest BCUT2D eigenvalue weighted by Gasteiger charge is 2.32. The summed E-state index contributed by atoms with van der Waals surface area (Å²) in [6, 6.07) is 14.5. The van der Waals surface area contributed by atoms with E-state index in [0.717, 1.165) is 29.6 Å². The molecule has 4 aromatic rings. The fraction of sp³-hybridized carbons (Fsp3) is 0.250. The molecule has 0 radical (unpaired) electrons. The number of fused-ring (bicyclic) bond motifs is 1. The first-order valence-corrected chi connectivity index (χ1v) is 13.9. The number of sulfonamides is 1. The van der Waals surface area contributed by atoms with Crippen LogP contribution in [0.15, 0.2) is 71.2 Å². The summed E-state index contributed by atoms with van der Waals surface area (Å²) >= 11 is 7.78. The molecular formula is C24H24ClN5O3S2. The average molecular weight is 530 g/mol. The summed E-state index contributed by atoms with van der Waals surface area (Å²) in [5, 5.41) is 6.84. The van der Waals surface area contributed by atoms with Crippen molar-refractivity contribution in [1.82, 2.24) is 14.9 Å². The zero-order valence-electron chi connectivity index (χ0n) is 18.9. The number of nitrogens with one attached hydrogen (secondary N) is 2. The highest BCUT2D eigenvalue weighted by atomic mass is 35.5. The Hall–Kier alpha value is -3.08. The Bertz CT molecular complexity index is 1450. The summed E-state index contributed by atoms with van der Waals surface area (Å²) in [5.41, 5.74) is 1.85. The van der Waals surface area contributed by atoms with Crippen molar-refractivity contribution in [2.45, 2.75) is 30.3 Å². The highest BCUT2D eigenvalue weighted by molar-refractivity contribution is 7.93. The number of para-hydroxylation sites is 1. The van der Waals surface area contributed by atoms with Gasteiger partial charge in [-0.25, -0.2) is 13.4 Å². The van der Waals surface area contributed by atoms with Crippen LogP contribution in [0, 0.1) is 0 Å². The minimum Gasteiger partial charge on any atom is -0.369 e. The Labute approximate surface area is 212 Å². The van der Waals surface area contributed by atoms with Crippen molar-refractivity contribution in [1.29, 1.82) is 0 Å². The van der Waals surface area contributed by atoms with Crippen LogP contribution >= 0.6 is 22.9 Å². The van der Waals surface area contributed by atoms with E-state index in [1.54, 1.807) is 23.7 Å². The third-order valence-electron chi connectivity index (χ3n) is 6.18. The molecule has 8 nitrogen and oxygen atoms in total. The number of benzene rings is 2. The van der Waals surface area contributed by atoms with Crippen molar-refractivity contribution in [2.75, 3.05) is 22.7 Å². The van der Waals surface area contributed by atoms with E-state index in [1.165, 1.54) is 18.3 Å². The molecule has 2 aromatic heterocycles. The third kappa shape index (κ3) is 4.86. The zero-order valence-corrected chi connectivity index (χ0v) is 21.3. The molecule has 2 atom stereocenters. The average Bonchev–Trinajstić information content (AvgIpc) is 3.49. The molecule has 1 saturated heterocycles. The van der Waals surface area contributed by atoms with E-state index in [2.05, 4.69) is 24.5 Å². The van der Waals surface area contributed by atoms with Crippen LogP contribution < -0.4 is 14.9 Å². The van der Waals surface area contributed by atoms with Gasteiger partial charge in [0.25, 0.3) is 10.0 Å². The molecule has 2 unspecified atom stereocenters. The van der Waals surface area contributed by atoms with E-state index in [4.69, 9.17) is 11.6 Å². The lowest BCUT2D eigenvalue weighted by Gasteiger charge is -2.41. The normalized spacial score (nSPS) is 18.5. The van der Waals surface area contributed by atoms with Gasteiger partial charge >= 0.3 is 0 Å². The van der Waals surface area contributed by atoms with E-state index in [0.29, 0.717) is 16.7 Å². The van der Waals surface area contributed by atoms with Gasteiger partial charge in [-0.3, -0.25) is 9.52 Å². The zero-order chi connectivity index (χ0) is 24.6. The smallest absolute Gasteiger partial charge is 0.263 e. The lowest BCUT2D eigenvalue weighted by molar-refractivity contribution is -0.120. The third-order valence-corrected chi connectivity index (χ3v) is 8.66. The van der Waals surface area contributed by atoms with Crippen LogP contribution in [0.3, 0.4) is 0 Å². The predicted octanol–water partition coefficient (Wildman–Crippen LogP) is 4.51. The molecule has 0 spiro atoms. The Kier molecular flexibility index (Phi) is 6.43. The summed E-state index contributed by atoms with van der Waals surface area (Å²) in [6.45, 7) is 2.88. The van der Waals surface area contributed by atoms with Crippen LogP contribution in [-0.4, -0.2) is 43.0 Å². The Morgan fingerprint density at radius 1 is 1.17 bits per heavy atom. The van der Waals surface area contributed by atoms with Gasteiger partial charge in [0.05, 0.1) is 27.5 Å². The Balaban J connectivity index is 1.41. The molecule has 3 heterocycles. The second kappa shape index (κ2) is 9.52. The van der Waals surface area contributed by atoms with Gasteiger partial charge in [0.2, 0.25) is 5.91 Å². The molecule has 0 saturated carbocycles. The number of halogens is 1. The fourth-order valence-electron chi connectivity index (χ4n) is 4.61. The first-order chi connectivity index (χ1) is 16.8. The number of carbonyl (C=O) groups is 1. The summed E-state index contributed by atoms with van der Waals surface area (Å²) in [5.74, 6) is -0.0710. The first kappa shape index (κ1) is 23.7. The molecule has 2 N–H and O–H groups in total. The van der Waals surface area contributed by atoms with Crippen LogP contribution in [0.1, 0.15) is 19.4 Å². The van der Waals surface area contributed by atoms with Crippen molar-refractivity contribution in [2.24, 2.45) is 0 Å². The number of carbonyl (C=O) groups excluding carboxylic acids is 1. The number of aromatic nitrogens is 2. The molecule has 35 heavy (non-hydrogen) atoms. The van der Waals surface area contributed by atoms with E-state index in [1.807, 2.05) is 42.6 Å². The number of hydrogen-bond donors (Lipinski definition) is 2. The van der Waals surface area contributed by atoms with Crippen molar-refractivity contribution in [3.8, 4) is 0 Å². The number of amides is 1. The second-order valence-electron chi connectivity index (χ2n) is 8.45. The number of thiazole rings is 1. The van der Waals surface area contributed by atoms with Gasteiger partial charge < -0.3 is 14.8 Å². The molecule has 5 rings (SSSR count). The Morgan fingerprint density at radius 3 is 2.69 bits per heavy atom. The number of anilines is 2. The molecule has 1 amide bonds. The highest BCUT2D eigenvalue weighted by Crippen LogP contribution is 2.33. The maximum Gasteiger partial charge on any atom is 0.263 e. The van der Waals surface area contributed by atoms with Crippen LogP contribution in [0.4, 0.5) is 10.8 Å². The maximum atomic E-state index is 12.7. The molecule has 2 aromatic carbocycles. The summed E-state index contributed by atoms with van der Waals surface area (Å²) < 4.78 is 30.0. The van der Waals surface area contributed by atoms with Gasteiger partial charge in [0, 0.05) is 48.9 Å². The topological polar surface area (TPSA) is 96.3 Å². The molecule has 0 bridgehead atoms. The molecular weight excluding hydrogens is 506 g/mol. The van der Waals surface area contributed by atoms with E-state index < -0.39 is 10.0 Å². The van der Waals surface area contributed by atoms with Crippen molar-refractivity contribution in [3.05, 3.63) is 71.3 Å². The first-order valence-electron chi connectivity index (χ1n) is 11.1. The van der Waals surface area contributed by atoms with E-state index in [-0.39, 0.29) is 22.9 Å². The number of piperidine rings is 1. The van der Waals surface area contributed by atoms with Crippen molar-refractivity contribution < 1.29 is 13.2 Å². The summed E-state index contributed by atoms with van der Waals surface area (Å²) in [7, 11) is -3.72. The standard InChI is InChI=1S/C24H24ClN5O3S2/c1-16(31)27-21-10-12-29(15-22(21)30-13-9-17-3-2-4-20(25)23(17)30)18-5-7-19(8-6-18)35(32,33)28-24-26-11-14-34-24/h2-9,11,13-14,21-22H,10,12,15H2,1H3,(H,26,28)(H,27,31). The van der Waals surface area contributed by atoms with E-state index >= 15 is 0 Å². The largest absolute Gasteiger partial charge is 0.369 e. The SMILES string of the molecule is CC(=O)NC1CCN(c2ccc(S(=O)(=O)Nc3nccs3)cc2)CC1n1ccc2cccc(Cl)c21. The number of hydrogen-bond acceptors (Lipinski definition) is 6. The van der Waals surface area contributed by atoms with Gasteiger partial charge in [0.1, 0.15) is 0 Å². The van der Waals surface area contributed by atoms with Crippen LogP contribution in [0.5, 0.6) is 0 Å².